The molecule has 0 N–H and O–H groups in total. The SMILES string of the molecule is c1ccc(-c2nc(-c3cc4ccc5cccc6c7ccnc8oc3c(c87)c4c56)nc(-c3cccc4oc5ccccc5c34)n2)cc1.c1ccc(-c2nc(-c3cc4ccc5cccc6c7ccnc8oc3c(c87)c4c56)nc(-c3cccc4sc5ccccc5c34)n2)cc1.c1ccc(-c2nc(-c3ccc4ccccc4c3)nc(-c3cc4ccc5cccc6c7ccnc8oc3c(c87)c4c56)n2)cc1. The Morgan fingerprint density at radius 3 is 0.985 bits per heavy atom. The lowest BCUT2D eigenvalue weighted by Gasteiger charge is -2.14. The normalized spacial score (nSPS) is 12.3. The van der Waals surface area contributed by atoms with Crippen molar-refractivity contribution in [2.45, 2.75) is 0 Å². The van der Waals surface area contributed by atoms with Gasteiger partial charge in [0.15, 0.2) is 52.4 Å². The lowest BCUT2D eigenvalue weighted by molar-refractivity contribution is 0.655. The zero-order chi connectivity index (χ0) is 87.9. The average Bonchev–Trinajstić information content (AvgIpc) is 1.69. The second-order valence-electron chi connectivity index (χ2n) is 34.6. The summed E-state index contributed by atoms with van der Waals surface area (Å²) in [5.74, 6) is 5.31. The van der Waals surface area contributed by atoms with Crippen LogP contribution in [0.5, 0.6) is 0 Å². The Labute approximate surface area is 766 Å². The van der Waals surface area contributed by atoms with Crippen molar-refractivity contribution in [3.63, 3.8) is 0 Å². The first-order chi connectivity index (χ1) is 66.9. The van der Waals surface area contributed by atoms with Crippen molar-refractivity contribution < 1.29 is 17.7 Å². The number of para-hydroxylation sites is 1. The molecule has 0 unspecified atom stereocenters. The standard InChI is InChI=1S/C40H20N4O2.C40H20N4OS.C38H20N4O/c1-2-8-22(9-3-1)37-42-38(27-13-7-15-30-33(27)26-11-4-5-14-29(26)45-30)44-39(43-37)28-20-23-17-16-21-10-6-12-24-25-18-19-41-40-34(25)35(36(28)46-40)32(23)31(21)24;1-2-8-22(9-3-1)37-42-38(27-13-7-15-30-33(27)26-11-4-5-14-29(26)46-30)44-39(43-37)28-20-23-17-16-21-10-6-12-24-25-18-19-41-40-34(25)35(36(28)45-40)32(23)31(21)24;1-2-8-23(9-3-1)35-40-36(26-16-13-21-7-4-5-10-24(21)19-26)42-37(41-35)29-20-25-15-14-22-11-6-12-27-28-17-18-39-38-32(28)33(34(29)43-38)31(25)30(22)27/h2*1-20H;1-20H. The molecule has 135 heavy (non-hydrogen) atoms. The Bertz CT molecular complexity index is 10100. The fourth-order valence-electron chi connectivity index (χ4n) is 21.5. The summed E-state index contributed by atoms with van der Waals surface area (Å²) in [6.07, 6.45) is 5.50. The number of nitrogens with zero attached hydrogens (tertiary/aromatic N) is 12. The smallest absolute Gasteiger partial charge is 0.227 e. The number of furan rings is 4. The number of hydrogen-bond donors (Lipinski definition) is 0. The van der Waals surface area contributed by atoms with Gasteiger partial charge in [-0.3, -0.25) is 0 Å². The fourth-order valence-corrected chi connectivity index (χ4v) is 22.6. The molecule has 11 aromatic heterocycles. The molecule has 0 aliphatic carbocycles. The van der Waals surface area contributed by atoms with Crippen molar-refractivity contribution in [2.75, 3.05) is 0 Å². The van der Waals surface area contributed by atoms with Crippen molar-refractivity contribution >= 4 is 227 Å². The molecule has 0 aliphatic rings. The zero-order valence-electron chi connectivity index (χ0n) is 71.0. The van der Waals surface area contributed by atoms with Crippen molar-refractivity contribution in [1.82, 2.24) is 59.8 Å². The van der Waals surface area contributed by atoms with Crippen molar-refractivity contribution in [1.29, 1.82) is 0 Å². The van der Waals surface area contributed by atoms with Gasteiger partial charge in [-0.05, 0) is 158 Å². The lowest BCUT2D eigenvalue weighted by atomic mass is 9.89. The van der Waals surface area contributed by atoms with Gasteiger partial charge in [0, 0.05) is 115 Å². The number of benzene rings is 21. The van der Waals surface area contributed by atoms with Gasteiger partial charge >= 0.3 is 0 Å². The summed E-state index contributed by atoms with van der Waals surface area (Å²) in [6, 6.07) is 119. The number of thiophene rings is 1. The van der Waals surface area contributed by atoms with Gasteiger partial charge in [0.05, 0.1) is 32.8 Å². The van der Waals surface area contributed by atoms with Crippen molar-refractivity contribution in [3.8, 4) is 102 Å². The van der Waals surface area contributed by atoms with Crippen LogP contribution in [0.3, 0.4) is 0 Å². The highest BCUT2D eigenvalue weighted by Crippen LogP contribution is 2.54. The monoisotopic (exact) mass is 1740 g/mol. The van der Waals surface area contributed by atoms with E-state index in [9.17, 15) is 0 Å². The van der Waals surface area contributed by atoms with Gasteiger partial charge in [0.25, 0.3) is 0 Å². The van der Waals surface area contributed by atoms with E-state index in [1.807, 2.05) is 140 Å². The van der Waals surface area contributed by atoms with Crippen LogP contribution in [-0.4, -0.2) is 59.8 Å². The largest absolute Gasteiger partial charge is 0.456 e. The summed E-state index contributed by atoms with van der Waals surface area (Å²) >= 11 is 1.79. The molecular formula is C118H60N12O4S. The third kappa shape index (κ3) is 10.9. The lowest BCUT2D eigenvalue weighted by Crippen LogP contribution is -2.01. The van der Waals surface area contributed by atoms with E-state index in [-0.39, 0.29) is 0 Å². The van der Waals surface area contributed by atoms with E-state index in [0.29, 0.717) is 69.6 Å². The molecule has 0 aliphatic heterocycles. The van der Waals surface area contributed by atoms with Gasteiger partial charge < -0.3 is 17.7 Å². The molecule has 0 fully saturated rings. The predicted octanol–water partition coefficient (Wildman–Crippen LogP) is 30.9. The first kappa shape index (κ1) is 73.6. The third-order valence-electron chi connectivity index (χ3n) is 27.3. The molecule has 0 bridgehead atoms. The second-order valence-corrected chi connectivity index (χ2v) is 35.7. The number of rotatable bonds is 9. The molecule has 21 aromatic carbocycles. The molecule has 0 saturated heterocycles. The van der Waals surface area contributed by atoms with Crippen LogP contribution in [0.4, 0.5) is 0 Å². The fraction of sp³-hybridized carbons (Fsp3) is 0. The minimum atomic E-state index is 0.537. The molecule has 622 valence electrons. The van der Waals surface area contributed by atoms with E-state index in [0.717, 1.165) is 164 Å². The Hall–Kier alpha value is -18.3. The van der Waals surface area contributed by atoms with E-state index in [2.05, 4.69) is 239 Å². The Morgan fingerprint density at radius 1 is 0.170 bits per heavy atom. The minimum Gasteiger partial charge on any atom is -0.456 e. The van der Waals surface area contributed by atoms with Crippen LogP contribution < -0.4 is 0 Å². The van der Waals surface area contributed by atoms with Gasteiger partial charge in [-0.2, -0.15) is 0 Å². The van der Waals surface area contributed by atoms with E-state index < -0.39 is 0 Å². The van der Waals surface area contributed by atoms with E-state index in [1.165, 1.54) is 84.8 Å². The Morgan fingerprint density at radius 2 is 0.504 bits per heavy atom. The molecular weight excluding hydrogens is 1680 g/mol. The summed E-state index contributed by atoms with van der Waals surface area (Å²) in [5.41, 5.74) is 13.7. The second kappa shape index (κ2) is 28.1. The summed E-state index contributed by atoms with van der Waals surface area (Å²) < 4.78 is 28.6. The van der Waals surface area contributed by atoms with Gasteiger partial charge in [-0.15, -0.1) is 11.3 Å². The Kier molecular flexibility index (Phi) is 15.3. The number of fused-ring (bicyclic) bond motifs is 10. The summed E-state index contributed by atoms with van der Waals surface area (Å²) in [5, 5.41) is 34.3. The quantitative estimate of drug-likeness (QED) is 0.0972. The summed E-state index contributed by atoms with van der Waals surface area (Å²) in [7, 11) is 0. The minimum absolute atomic E-state index is 0.537. The average molecular weight is 1740 g/mol. The molecule has 32 rings (SSSR count). The number of pyridine rings is 3. The van der Waals surface area contributed by atoms with Gasteiger partial charge in [0.2, 0.25) is 17.1 Å². The van der Waals surface area contributed by atoms with Crippen LogP contribution in [0.15, 0.2) is 382 Å². The maximum Gasteiger partial charge on any atom is 0.227 e. The molecule has 32 aromatic rings. The molecule has 0 amide bonds. The van der Waals surface area contributed by atoms with Crippen LogP contribution in [0.1, 0.15) is 0 Å². The first-order valence-corrected chi connectivity index (χ1v) is 45.6. The highest BCUT2D eigenvalue weighted by Gasteiger charge is 2.32. The summed E-state index contributed by atoms with van der Waals surface area (Å²) in [6.45, 7) is 0. The van der Waals surface area contributed by atoms with Crippen molar-refractivity contribution in [2.24, 2.45) is 0 Å². The highest BCUT2D eigenvalue weighted by molar-refractivity contribution is 7.26. The first-order valence-electron chi connectivity index (χ1n) is 44.8. The molecule has 0 radical (unpaired) electrons. The maximum absolute atomic E-state index is 6.66. The Balaban J connectivity index is 0.0000000965. The van der Waals surface area contributed by atoms with Gasteiger partial charge in [-0.1, -0.05) is 279 Å². The molecule has 17 heteroatoms. The summed E-state index contributed by atoms with van der Waals surface area (Å²) in [4.78, 5) is 60.0. The molecule has 0 saturated carbocycles. The van der Waals surface area contributed by atoms with Crippen LogP contribution in [0.2, 0.25) is 0 Å². The number of aromatic nitrogens is 12. The van der Waals surface area contributed by atoms with Crippen LogP contribution >= 0.6 is 11.3 Å². The predicted molar refractivity (Wildman–Crippen MR) is 546 cm³/mol. The zero-order valence-corrected chi connectivity index (χ0v) is 71.9. The third-order valence-corrected chi connectivity index (χ3v) is 28.4. The van der Waals surface area contributed by atoms with Crippen LogP contribution in [0, 0.1) is 0 Å². The molecule has 11 heterocycles. The number of hydrogen-bond acceptors (Lipinski definition) is 17. The van der Waals surface area contributed by atoms with Gasteiger partial charge in [-0.25, -0.2) is 59.8 Å². The van der Waals surface area contributed by atoms with E-state index in [4.69, 9.17) is 62.5 Å². The molecule has 0 atom stereocenters. The van der Waals surface area contributed by atoms with Crippen molar-refractivity contribution in [3.05, 3.63) is 364 Å². The van der Waals surface area contributed by atoms with E-state index >= 15 is 0 Å². The molecule has 0 spiro atoms. The molecule has 16 nitrogen and oxygen atoms in total. The van der Waals surface area contributed by atoms with Crippen LogP contribution in [0.25, 0.3) is 319 Å². The van der Waals surface area contributed by atoms with Crippen LogP contribution in [-0.2, 0) is 0 Å². The van der Waals surface area contributed by atoms with E-state index in [1.54, 1.807) is 11.3 Å². The topological polar surface area (TPSA) is 207 Å². The highest BCUT2D eigenvalue weighted by atomic mass is 32.1. The van der Waals surface area contributed by atoms with Gasteiger partial charge in [0.1, 0.15) is 27.9 Å². The maximum atomic E-state index is 6.66.